The molecule has 3 aromatic rings. The molecule has 2 aromatic heterocycles. The zero-order valence-electron chi connectivity index (χ0n) is 16.9. The predicted molar refractivity (Wildman–Crippen MR) is 117 cm³/mol. The normalized spacial score (nSPS) is 14.4. The van der Waals surface area contributed by atoms with E-state index in [1.165, 1.54) is 41.4 Å². The minimum atomic E-state index is -4.57. The van der Waals surface area contributed by atoms with Crippen LogP contribution in [0.3, 0.4) is 0 Å². The highest BCUT2D eigenvalue weighted by Gasteiger charge is 2.51. The number of hydrogen-bond donors (Lipinski definition) is 3. The largest absolute Gasteiger partial charge is 0.418 e. The highest BCUT2D eigenvalue weighted by molar-refractivity contribution is 7.11. The number of nitrogens with zero attached hydrogens (tertiary/aromatic N) is 2. The number of rotatable bonds is 7. The van der Waals surface area contributed by atoms with Crippen molar-refractivity contribution in [2.75, 3.05) is 5.32 Å². The van der Waals surface area contributed by atoms with Gasteiger partial charge in [-0.25, -0.2) is 0 Å². The Morgan fingerprint density at radius 1 is 1.15 bits per heavy atom. The first-order valence-electron chi connectivity index (χ1n) is 9.74. The van der Waals surface area contributed by atoms with Crippen LogP contribution >= 0.6 is 22.9 Å². The van der Waals surface area contributed by atoms with Crippen molar-refractivity contribution >= 4 is 46.1 Å². The molecular weight excluding hydrogens is 479 g/mol. The molecule has 33 heavy (non-hydrogen) atoms. The molecule has 172 valence electrons. The minimum absolute atomic E-state index is 0.0197. The molecule has 0 bridgehead atoms. The van der Waals surface area contributed by atoms with Gasteiger partial charge in [-0.2, -0.15) is 13.2 Å². The number of anilines is 2. The maximum atomic E-state index is 13.2. The van der Waals surface area contributed by atoms with Crippen LogP contribution < -0.4 is 16.0 Å². The van der Waals surface area contributed by atoms with Crippen molar-refractivity contribution in [1.29, 1.82) is 0 Å². The lowest BCUT2D eigenvalue weighted by molar-refractivity contribution is -0.137. The molecular formula is C21H17ClF3N5O2S. The lowest BCUT2D eigenvalue weighted by Gasteiger charge is -2.17. The summed E-state index contributed by atoms with van der Waals surface area (Å²) in [7, 11) is 0. The number of hydrogen-bond acceptors (Lipinski definition) is 6. The van der Waals surface area contributed by atoms with Crippen LogP contribution in [0.2, 0.25) is 5.02 Å². The van der Waals surface area contributed by atoms with Crippen molar-refractivity contribution in [2.24, 2.45) is 0 Å². The quantitative estimate of drug-likeness (QED) is 0.447. The van der Waals surface area contributed by atoms with Crippen LogP contribution in [0.25, 0.3) is 0 Å². The summed E-state index contributed by atoms with van der Waals surface area (Å²) in [4.78, 5) is 33.2. The molecule has 0 saturated heterocycles. The lowest BCUT2D eigenvalue weighted by Crippen LogP contribution is -2.48. The van der Waals surface area contributed by atoms with Gasteiger partial charge in [-0.3, -0.25) is 19.6 Å². The van der Waals surface area contributed by atoms with Gasteiger partial charge in [-0.15, -0.1) is 11.3 Å². The van der Waals surface area contributed by atoms with Crippen molar-refractivity contribution in [3.63, 3.8) is 0 Å². The second-order valence-electron chi connectivity index (χ2n) is 7.44. The zero-order chi connectivity index (χ0) is 23.6. The maximum absolute atomic E-state index is 13.2. The number of benzene rings is 1. The first kappa shape index (κ1) is 23.0. The molecule has 1 fully saturated rings. The molecule has 2 amide bonds. The average molecular weight is 496 g/mol. The molecule has 0 spiro atoms. The van der Waals surface area contributed by atoms with Gasteiger partial charge in [-0.05, 0) is 43.2 Å². The summed E-state index contributed by atoms with van der Waals surface area (Å²) in [6, 6.07) is 6.60. The molecule has 1 aliphatic rings. The fraction of sp³-hybridized carbons (Fsp3) is 0.238. The Labute approximate surface area is 195 Å². The summed E-state index contributed by atoms with van der Waals surface area (Å²) in [6.07, 6.45) is -0.701. The number of pyridine rings is 1. The maximum Gasteiger partial charge on any atom is 0.418 e. The number of thiazole rings is 1. The van der Waals surface area contributed by atoms with Crippen molar-refractivity contribution in [3.05, 3.63) is 69.4 Å². The molecule has 0 radical (unpaired) electrons. The molecule has 1 aliphatic carbocycles. The predicted octanol–water partition coefficient (Wildman–Crippen LogP) is 4.53. The Balaban J connectivity index is 1.35. The molecule has 2 heterocycles. The molecule has 4 rings (SSSR count). The van der Waals surface area contributed by atoms with E-state index in [1.807, 2.05) is 0 Å². The van der Waals surface area contributed by atoms with Crippen LogP contribution in [0.15, 0.2) is 48.2 Å². The molecule has 12 heteroatoms. The van der Waals surface area contributed by atoms with Crippen LogP contribution in [-0.4, -0.2) is 27.3 Å². The van der Waals surface area contributed by atoms with Gasteiger partial charge >= 0.3 is 6.18 Å². The molecule has 0 unspecified atom stereocenters. The Hall–Kier alpha value is -3.18. The van der Waals surface area contributed by atoms with Gasteiger partial charge in [0.05, 0.1) is 47.1 Å². The Morgan fingerprint density at radius 3 is 2.55 bits per heavy atom. The van der Waals surface area contributed by atoms with Gasteiger partial charge in [0.15, 0.2) is 0 Å². The highest BCUT2D eigenvalue weighted by atomic mass is 35.5. The van der Waals surface area contributed by atoms with Crippen molar-refractivity contribution in [3.8, 4) is 0 Å². The van der Waals surface area contributed by atoms with Crippen LogP contribution in [0.5, 0.6) is 0 Å². The molecule has 0 atom stereocenters. The fourth-order valence-corrected chi connectivity index (χ4v) is 3.79. The molecule has 0 aliphatic heterocycles. The Bertz CT molecular complexity index is 1170. The molecule has 1 saturated carbocycles. The van der Waals surface area contributed by atoms with E-state index in [0.717, 1.165) is 6.07 Å². The lowest BCUT2D eigenvalue weighted by atomic mass is 10.1. The average Bonchev–Trinajstić information content (AvgIpc) is 3.33. The van der Waals surface area contributed by atoms with Crippen molar-refractivity contribution in [2.45, 2.75) is 31.1 Å². The van der Waals surface area contributed by atoms with Gasteiger partial charge in [0.2, 0.25) is 5.91 Å². The van der Waals surface area contributed by atoms with Crippen LogP contribution in [0.4, 0.5) is 24.5 Å². The Kier molecular flexibility index (Phi) is 6.26. The minimum Gasteiger partial charge on any atom is -0.354 e. The van der Waals surface area contributed by atoms with E-state index in [1.54, 1.807) is 12.1 Å². The number of nitrogens with one attached hydrogen (secondary N) is 3. The third-order valence-electron chi connectivity index (χ3n) is 5.01. The van der Waals surface area contributed by atoms with Crippen molar-refractivity contribution < 1.29 is 22.8 Å². The monoisotopic (exact) mass is 495 g/mol. The molecule has 1 aromatic carbocycles. The standard InChI is InChI=1S/C21H17ClF3N5O2S/c22-12-1-4-16(15(7-12)21(23,24)25)29-14-3-2-13(27-9-14)8-28-19(32)20(5-6-20)30-18(31)17-10-26-11-33-17/h1-4,7,9-11,29H,5-6,8H2,(H,28,32)(H,30,31). The zero-order valence-corrected chi connectivity index (χ0v) is 18.4. The van der Waals surface area contributed by atoms with Gasteiger partial charge < -0.3 is 16.0 Å². The number of amides is 2. The van der Waals surface area contributed by atoms with E-state index in [-0.39, 0.29) is 29.1 Å². The van der Waals surface area contributed by atoms with E-state index in [2.05, 4.69) is 25.9 Å². The van der Waals surface area contributed by atoms with Gasteiger partial charge in [-0.1, -0.05) is 11.6 Å². The summed E-state index contributed by atoms with van der Waals surface area (Å²) < 4.78 is 39.7. The van der Waals surface area contributed by atoms with Crippen molar-refractivity contribution in [1.82, 2.24) is 20.6 Å². The van der Waals surface area contributed by atoms with Gasteiger partial charge in [0.25, 0.3) is 5.91 Å². The first-order valence-corrected chi connectivity index (χ1v) is 11.0. The van der Waals surface area contributed by atoms with E-state index in [4.69, 9.17) is 11.6 Å². The summed E-state index contributed by atoms with van der Waals surface area (Å²) in [5, 5.41) is 8.16. The number of carbonyl (C=O) groups excluding carboxylic acids is 2. The summed E-state index contributed by atoms with van der Waals surface area (Å²) >= 11 is 6.88. The third kappa shape index (κ3) is 5.42. The SMILES string of the molecule is O=C(NC1(C(=O)NCc2ccc(Nc3ccc(Cl)cc3C(F)(F)F)cn2)CC1)c1cncs1. The van der Waals surface area contributed by atoms with Crippen LogP contribution in [0, 0.1) is 0 Å². The summed E-state index contributed by atoms with van der Waals surface area (Å²) in [5.74, 6) is -0.667. The first-order chi connectivity index (χ1) is 15.7. The van der Waals surface area contributed by atoms with Crippen LogP contribution in [-0.2, 0) is 17.5 Å². The Morgan fingerprint density at radius 2 is 1.94 bits per heavy atom. The number of aromatic nitrogens is 2. The highest BCUT2D eigenvalue weighted by Crippen LogP contribution is 2.38. The van der Waals surface area contributed by atoms with E-state index in [0.29, 0.717) is 29.1 Å². The van der Waals surface area contributed by atoms with E-state index < -0.39 is 17.3 Å². The van der Waals surface area contributed by atoms with E-state index in [9.17, 15) is 22.8 Å². The number of alkyl halides is 3. The second-order valence-corrected chi connectivity index (χ2v) is 8.76. The smallest absolute Gasteiger partial charge is 0.354 e. The van der Waals surface area contributed by atoms with Crippen LogP contribution in [0.1, 0.15) is 33.8 Å². The van der Waals surface area contributed by atoms with Gasteiger partial charge in [0, 0.05) is 5.02 Å². The summed E-state index contributed by atoms with van der Waals surface area (Å²) in [6.45, 7) is 0.103. The van der Waals surface area contributed by atoms with E-state index >= 15 is 0 Å². The topological polar surface area (TPSA) is 96.0 Å². The summed E-state index contributed by atoms with van der Waals surface area (Å²) in [5.41, 5.74) is 0.406. The molecule has 7 nitrogen and oxygen atoms in total. The second kappa shape index (κ2) is 8.99. The number of carbonyl (C=O) groups is 2. The molecule has 3 N–H and O–H groups in total. The van der Waals surface area contributed by atoms with Gasteiger partial charge in [0.1, 0.15) is 10.4 Å². The third-order valence-corrected chi connectivity index (χ3v) is 6.02. The number of halogens is 4. The fourth-order valence-electron chi connectivity index (χ4n) is 3.10.